The molecule has 2 heterocycles. The van der Waals surface area contributed by atoms with Crippen molar-refractivity contribution in [3.63, 3.8) is 0 Å². The molecule has 0 bridgehead atoms. The van der Waals surface area contributed by atoms with Gasteiger partial charge in [-0.05, 0) is 12.8 Å². The minimum absolute atomic E-state index is 0.0375. The van der Waals surface area contributed by atoms with E-state index in [-0.39, 0.29) is 11.8 Å². The van der Waals surface area contributed by atoms with E-state index in [2.05, 4.69) is 22.2 Å². The molecule has 0 aliphatic carbocycles. The Labute approximate surface area is 105 Å². The van der Waals surface area contributed by atoms with E-state index in [1.165, 1.54) is 12.4 Å². The van der Waals surface area contributed by atoms with Gasteiger partial charge in [0, 0.05) is 31.5 Å². The van der Waals surface area contributed by atoms with E-state index in [1.807, 2.05) is 0 Å². The highest BCUT2D eigenvalue weighted by Crippen LogP contribution is 2.23. The second-order valence-electron chi connectivity index (χ2n) is 4.31. The summed E-state index contributed by atoms with van der Waals surface area (Å²) in [5.41, 5.74) is -0.0375. The van der Waals surface area contributed by atoms with Crippen LogP contribution in [-0.4, -0.2) is 40.3 Å². The van der Waals surface area contributed by atoms with Gasteiger partial charge in [0.1, 0.15) is 0 Å². The number of rotatable bonds is 5. The summed E-state index contributed by atoms with van der Waals surface area (Å²) in [4.78, 5) is 18.8. The van der Waals surface area contributed by atoms with E-state index in [0.29, 0.717) is 18.3 Å². The topological polar surface area (TPSA) is 84.3 Å². The summed E-state index contributed by atoms with van der Waals surface area (Å²) in [5, 5.41) is 12.1. The van der Waals surface area contributed by atoms with Crippen LogP contribution in [0.4, 0.5) is 5.82 Å². The molecule has 1 aliphatic heterocycles. The number of ether oxygens (including phenoxy) is 1. The molecular weight excluding hydrogens is 234 g/mol. The zero-order valence-corrected chi connectivity index (χ0v) is 10.3. The van der Waals surface area contributed by atoms with Crippen molar-refractivity contribution < 1.29 is 14.6 Å². The number of nitrogens with one attached hydrogen (secondary N) is 1. The van der Waals surface area contributed by atoms with Crippen LogP contribution in [0.15, 0.2) is 12.4 Å². The van der Waals surface area contributed by atoms with Crippen LogP contribution in [0.2, 0.25) is 0 Å². The molecule has 1 aromatic rings. The Morgan fingerprint density at radius 1 is 1.56 bits per heavy atom. The molecule has 6 nitrogen and oxygen atoms in total. The van der Waals surface area contributed by atoms with Gasteiger partial charge in [0.05, 0.1) is 6.10 Å². The molecule has 18 heavy (non-hydrogen) atoms. The van der Waals surface area contributed by atoms with Crippen LogP contribution in [0, 0.1) is 5.92 Å². The van der Waals surface area contributed by atoms with E-state index in [4.69, 9.17) is 9.84 Å². The second-order valence-corrected chi connectivity index (χ2v) is 4.31. The molecule has 0 radical (unpaired) electrons. The van der Waals surface area contributed by atoms with Crippen molar-refractivity contribution in [3.8, 4) is 0 Å². The number of carboxylic acids is 1. The highest BCUT2D eigenvalue weighted by atomic mass is 16.5. The summed E-state index contributed by atoms with van der Waals surface area (Å²) in [7, 11) is 0. The Morgan fingerprint density at radius 3 is 3.06 bits per heavy atom. The highest BCUT2D eigenvalue weighted by molar-refractivity contribution is 5.90. The molecule has 1 aliphatic rings. The number of hydrogen-bond donors (Lipinski definition) is 2. The summed E-state index contributed by atoms with van der Waals surface area (Å²) in [6, 6.07) is 0. The van der Waals surface area contributed by atoms with Crippen molar-refractivity contribution in [2.24, 2.45) is 5.92 Å². The first-order valence-corrected chi connectivity index (χ1v) is 6.12. The molecule has 1 aromatic heterocycles. The third-order valence-corrected chi connectivity index (χ3v) is 3.18. The summed E-state index contributed by atoms with van der Waals surface area (Å²) in [5.74, 6) is -0.342. The summed E-state index contributed by atoms with van der Waals surface area (Å²) < 4.78 is 5.59. The molecule has 1 fully saturated rings. The number of anilines is 1. The van der Waals surface area contributed by atoms with Gasteiger partial charge in [-0.25, -0.2) is 14.8 Å². The van der Waals surface area contributed by atoms with E-state index < -0.39 is 5.97 Å². The monoisotopic (exact) mass is 251 g/mol. The van der Waals surface area contributed by atoms with Crippen molar-refractivity contribution in [2.75, 3.05) is 18.5 Å². The van der Waals surface area contributed by atoms with Crippen molar-refractivity contribution in [2.45, 2.75) is 25.9 Å². The Kier molecular flexibility index (Phi) is 4.09. The molecule has 1 saturated heterocycles. The van der Waals surface area contributed by atoms with Crippen LogP contribution in [0.1, 0.15) is 30.3 Å². The maximum absolute atomic E-state index is 11.0. The smallest absolute Gasteiger partial charge is 0.358 e. The summed E-state index contributed by atoms with van der Waals surface area (Å²) in [6.45, 7) is 3.53. The van der Waals surface area contributed by atoms with Gasteiger partial charge in [-0.15, -0.1) is 0 Å². The molecular formula is C12H17N3O3. The SMILES string of the molecule is CCC1OCCC1CNc1nccnc1C(=O)O. The predicted molar refractivity (Wildman–Crippen MR) is 65.6 cm³/mol. The molecule has 98 valence electrons. The van der Waals surface area contributed by atoms with Gasteiger partial charge in [-0.3, -0.25) is 0 Å². The normalized spacial score (nSPS) is 22.9. The van der Waals surface area contributed by atoms with Crippen LogP contribution < -0.4 is 5.32 Å². The number of nitrogens with zero attached hydrogens (tertiary/aromatic N) is 2. The predicted octanol–water partition coefficient (Wildman–Crippen LogP) is 1.40. The minimum atomic E-state index is -1.07. The van der Waals surface area contributed by atoms with Crippen LogP contribution in [0.5, 0.6) is 0 Å². The van der Waals surface area contributed by atoms with E-state index in [0.717, 1.165) is 19.4 Å². The fraction of sp³-hybridized carbons (Fsp3) is 0.583. The average molecular weight is 251 g/mol. The number of carboxylic acid groups (broad SMARTS) is 1. The van der Waals surface area contributed by atoms with Gasteiger partial charge in [0.15, 0.2) is 11.5 Å². The maximum Gasteiger partial charge on any atom is 0.358 e. The quantitative estimate of drug-likeness (QED) is 0.823. The van der Waals surface area contributed by atoms with Crippen LogP contribution in [-0.2, 0) is 4.74 Å². The molecule has 0 aromatic carbocycles. The lowest BCUT2D eigenvalue weighted by molar-refractivity contribution is 0.0691. The van der Waals surface area contributed by atoms with Gasteiger partial charge in [0.2, 0.25) is 0 Å². The summed E-state index contributed by atoms with van der Waals surface area (Å²) in [6.07, 6.45) is 5.08. The van der Waals surface area contributed by atoms with E-state index in [1.54, 1.807) is 0 Å². The fourth-order valence-electron chi connectivity index (χ4n) is 2.23. The van der Waals surface area contributed by atoms with E-state index >= 15 is 0 Å². The third kappa shape index (κ3) is 2.76. The number of aromatic carboxylic acids is 1. The van der Waals surface area contributed by atoms with Crippen LogP contribution in [0.3, 0.4) is 0 Å². The molecule has 2 atom stereocenters. The molecule has 2 rings (SSSR count). The van der Waals surface area contributed by atoms with Crippen LogP contribution >= 0.6 is 0 Å². The Morgan fingerprint density at radius 2 is 2.33 bits per heavy atom. The third-order valence-electron chi connectivity index (χ3n) is 3.18. The van der Waals surface area contributed by atoms with Crippen molar-refractivity contribution in [1.82, 2.24) is 9.97 Å². The van der Waals surface area contributed by atoms with Crippen molar-refractivity contribution >= 4 is 11.8 Å². The maximum atomic E-state index is 11.0. The van der Waals surface area contributed by atoms with Gasteiger partial charge in [-0.2, -0.15) is 0 Å². The second kappa shape index (κ2) is 5.77. The fourth-order valence-corrected chi connectivity index (χ4v) is 2.23. The van der Waals surface area contributed by atoms with Crippen molar-refractivity contribution in [1.29, 1.82) is 0 Å². The van der Waals surface area contributed by atoms with Gasteiger partial charge in [-0.1, -0.05) is 6.92 Å². The van der Waals surface area contributed by atoms with Crippen LogP contribution in [0.25, 0.3) is 0 Å². The lowest BCUT2D eigenvalue weighted by Crippen LogP contribution is -2.24. The number of aromatic nitrogens is 2. The Bertz CT molecular complexity index is 425. The molecule has 2 N–H and O–H groups in total. The van der Waals surface area contributed by atoms with Gasteiger partial charge < -0.3 is 15.2 Å². The highest BCUT2D eigenvalue weighted by Gasteiger charge is 2.26. The first kappa shape index (κ1) is 12.8. The number of carbonyl (C=O) groups is 1. The summed E-state index contributed by atoms with van der Waals surface area (Å²) >= 11 is 0. The van der Waals surface area contributed by atoms with Gasteiger partial charge in [0.25, 0.3) is 0 Å². The molecule has 2 unspecified atom stereocenters. The minimum Gasteiger partial charge on any atom is -0.476 e. The molecule has 6 heteroatoms. The first-order valence-electron chi connectivity index (χ1n) is 6.12. The van der Waals surface area contributed by atoms with E-state index in [9.17, 15) is 4.79 Å². The number of hydrogen-bond acceptors (Lipinski definition) is 5. The lowest BCUT2D eigenvalue weighted by Gasteiger charge is -2.17. The first-order chi connectivity index (χ1) is 8.72. The van der Waals surface area contributed by atoms with Crippen molar-refractivity contribution in [3.05, 3.63) is 18.1 Å². The lowest BCUT2D eigenvalue weighted by atomic mass is 10.00. The molecule has 0 saturated carbocycles. The standard InChI is InChI=1S/C12H17N3O3/c1-2-9-8(3-6-18-9)7-15-11-10(12(16)17)13-4-5-14-11/h4-5,8-9H,2-3,6-7H2,1H3,(H,14,15)(H,16,17). The Hall–Kier alpha value is -1.69. The Balaban J connectivity index is 2.00. The largest absolute Gasteiger partial charge is 0.476 e. The average Bonchev–Trinajstić information content (AvgIpc) is 2.84. The van der Waals surface area contributed by atoms with Gasteiger partial charge >= 0.3 is 5.97 Å². The molecule has 0 spiro atoms. The zero-order chi connectivity index (χ0) is 13.0. The molecule has 0 amide bonds. The zero-order valence-electron chi connectivity index (χ0n) is 10.3.